The summed E-state index contributed by atoms with van der Waals surface area (Å²) in [5, 5.41) is 21.1. The molecule has 170 valence electrons. The van der Waals surface area contributed by atoms with Gasteiger partial charge in [-0.2, -0.15) is 0 Å². The predicted molar refractivity (Wildman–Crippen MR) is 114 cm³/mol. The zero-order chi connectivity index (χ0) is 22.7. The topological polar surface area (TPSA) is 101 Å². The second kappa shape index (κ2) is 7.66. The molecule has 4 aliphatic rings. The molecule has 0 heterocycles. The van der Waals surface area contributed by atoms with Gasteiger partial charge < -0.3 is 14.9 Å². The summed E-state index contributed by atoms with van der Waals surface area (Å²) in [6.45, 7) is 7.07. The fourth-order valence-electron chi connectivity index (χ4n) is 7.62. The highest BCUT2D eigenvalue weighted by atomic mass is 16.5. The van der Waals surface area contributed by atoms with Crippen LogP contribution in [0.4, 0.5) is 0 Å². The van der Waals surface area contributed by atoms with Gasteiger partial charge in [-0.15, -0.1) is 0 Å². The van der Waals surface area contributed by atoms with Gasteiger partial charge in [-0.3, -0.25) is 14.4 Å². The Kier molecular flexibility index (Phi) is 5.54. The molecule has 31 heavy (non-hydrogen) atoms. The number of esters is 1. The summed E-state index contributed by atoms with van der Waals surface area (Å²) >= 11 is 0. The van der Waals surface area contributed by atoms with Crippen LogP contribution in [-0.2, 0) is 19.1 Å². The SMILES string of the molecule is CC(C)OC(=O)[C@@H]1CC2C3CCC4=CC(=O)C=C[C@]4(C)C3C(O)C[C@]2(C)[C@H]1C(=O)CO. The fourth-order valence-corrected chi connectivity index (χ4v) is 7.62. The van der Waals surface area contributed by atoms with Crippen LogP contribution < -0.4 is 0 Å². The predicted octanol–water partition coefficient (Wildman–Crippen LogP) is 2.62. The first-order chi connectivity index (χ1) is 14.5. The molecule has 6 heteroatoms. The molecule has 0 bridgehead atoms. The molecular formula is C25H34O6. The monoisotopic (exact) mass is 430 g/mol. The van der Waals surface area contributed by atoms with Crippen molar-refractivity contribution in [2.75, 3.05) is 6.61 Å². The molecular weight excluding hydrogens is 396 g/mol. The minimum Gasteiger partial charge on any atom is -0.463 e. The number of hydrogen-bond donors (Lipinski definition) is 2. The molecule has 0 radical (unpaired) electrons. The normalized spacial score (nSPS) is 43.7. The molecule has 8 atom stereocenters. The van der Waals surface area contributed by atoms with Crippen molar-refractivity contribution in [1.82, 2.24) is 0 Å². The van der Waals surface area contributed by atoms with Crippen LogP contribution in [0.5, 0.6) is 0 Å². The summed E-state index contributed by atoms with van der Waals surface area (Å²) in [6, 6.07) is 0. The molecule has 4 rings (SSSR count). The Hall–Kier alpha value is -1.79. The largest absolute Gasteiger partial charge is 0.463 e. The Morgan fingerprint density at radius 2 is 2.00 bits per heavy atom. The summed E-state index contributed by atoms with van der Waals surface area (Å²) in [4.78, 5) is 37.8. The Balaban J connectivity index is 1.73. The van der Waals surface area contributed by atoms with E-state index < -0.39 is 35.4 Å². The first kappa shape index (κ1) is 22.4. The number of allylic oxidation sites excluding steroid dienone is 4. The Labute approximate surface area is 183 Å². The average molecular weight is 431 g/mol. The summed E-state index contributed by atoms with van der Waals surface area (Å²) in [5.74, 6) is -1.86. The molecule has 4 aliphatic carbocycles. The molecule has 0 aliphatic heterocycles. The van der Waals surface area contributed by atoms with Gasteiger partial charge in [0.15, 0.2) is 11.6 Å². The highest BCUT2D eigenvalue weighted by Gasteiger charge is 2.66. The van der Waals surface area contributed by atoms with E-state index in [2.05, 4.69) is 6.92 Å². The molecule has 3 saturated carbocycles. The molecule has 0 saturated heterocycles. The minimum absolute atomic E-state index is 0.00738. The van der Waals surface area contributed by atoms with E-state index in [4.69, 9.17) is 4.74 Å². The zero-order valence-corrected chi connectivity index (χ0v) is 18.8. The Morgan fingerprint density at radius 3 is 2.65 bits per heavy atom. The molecule has 2 N–H and O–H groups in total. The van der Waals surface area contributed by atoms with Gasteiger partial charge >= 0.3 is 5.97 Å². The lowest BCUT2D eigenvalue weighted by Crippen LogP contribution is -2.56. The van der Waals surface area contributed by atoms with Crippen LogP contribution >= 0.6 is 0 Å². The van der Waals surface area contributed by atoms with Gasteiger partial charge in [0.25, 0.3) is 0 Å². The van der Waals surface area contributed by atoms with Gasteiger partial charge in [0, 0.05) is 17.3 Å². The lowest BCUT2D eigenvalue weighted by molar-refractivity contribution is -0.159. The average Bonchev–Trinajstić information content (AvgIpc) is 3.00. The highest BCUT2D eigenvalue weighted by Crippen LogP contribution is 2.67. The van der Waals surface area contributed by atoms with Crippen molar-refractivity contribution in [3.8, 4) is 0 Å². The van der Waals surface area contributed by atoms with Crippen LogP contribution in [-0.4, -0.2) is 46.6 Å². The summed E-state index contributed by atoms with van der Waals surface area (Å²) < 4.78 is 5.50. The maximum Gasteiger partial charge on any atom is 0.309 e. The number of aliphatic hydroxyl groups excluding tert-OH is 2. The number of fused-ring (bicyclic) bond motifs is 5. The van der Waals surface area contributed by atoms with Crippen molar-refractivity contribution < 1.29 is 29.3 Å². The number of carbonyl (C=O) groups excluding carboxylic acids is 3. The second-order valence-corrected chi connectivity index (χ2v) is 10.7. The van der Waals surface area contributed by atoms with Crippen LogP contribution in [0.25, 0.3) is 0 Å². The molecule has 0 aromatic rings. The summed E-state index contributed by atoms with van der Waals surface area (Å²) in [6.07, 6.45) is 6.83. The van der Waals surface area contributed by atoms with Crippen molar-refractivity contribution in [2.45, 2.75) is 65.6 Å². The van der Waals surface area contributed by atoms with Crippen molar-refractivity contribution in [2.24, 2.45) is 40.4 Å². The van der Waals surface area contributed by atoms with Gasteiger partial charge in [0.05, 0.1) is 18.1 Å². The van der Waals surface area contributed by atoms with Crippen LogP contribution in [0.15, 0.2) is 23.8 Å². The lowest BCUT2D eigenvalue weighted by atomic mass is 9.46. The molecule has 0 amide bonds. The molecule has 0 aromatic heterocycles. The van der Waals surface area contributed by atoms with Crippen molar-refractivity contribution in [3.63, 3.8) is 0 Å². The Bertz CT molecular complexity index is 856. The maximum absolute atomic E-state index is 13.0. The van der Waals surface area contributed by atoms with Gasteiger partial charge in [0.1, 0.15) is 6.61 Å². The first-order valence-electron chi connectivity index (χ1n) is 11.5. The third-order valence-corrected chi connectivity index (χ3v) is 8.71. The van der Waals surface area contributed by atoms with Crippen LogP contribution in [0.1, 0.15) is 53.4 Å². The van der Waals surface area contributed by atoms with E-state index in [9.17, 15) is 24.6 Å². The van der Waals surface area contributed by atoms with Gasteiger partial charge in [0.2, 0.25) is 0 Å². The van der Waals surface area contributed by atoms with E-state index in [1.165, 1.54) is 0 Å². The van der Waals surface area contributed by atoms with Crippen molar-refractivity contribution in [1.29, 1.82) is 0 Å². The lowest BCUT2D eigenvalue weighted by Gasteiger charge is -2.58. The number of carbonyl (C=O) groups is 3. The second-order valence-electron chi connectivity index (χ2n) is 10.7. The smallest absolute Gasteiger partial charge is 0.309 e. The molecule has 0 aromatic carbocycles. The zero-order valence-electron chi connectivity index (χ0n) is 18.8. The molecule has 0 spiro atoms. The number of ether oxygens (including phenoxy) is 1. The van der Waals surface area contributed by atoms with Crippen molar-refractivity contribution >= 4 is 17.5 Å². The highest BCUT2D eigenvalue weighted by molar-refractivity contribution is 6.01. The molecule has 6 nitrogen and oxygen atoms in total. The van der Waals surface area contributed by atoms with Gasteiger partial charge in [-0.1, -0.05) is 25.5 Å². The summed E-state index contributed by atoms with van der Waals surface area (Å²) in [7, 11) is 0. The minimum atomic E-state index is -0.660. The third-order valence-electron chi connectivity index (χ3n) is 8.71. The number of ketones is 2. The van der Waals surface area contributed by atoms with E-state index in [1.807, 2.05) is 13.0 Å². The van der Waals surface area contributed by atoms with E-state index in [0.29, 0.717) is 12.8 Å². The molecule has 4 unspecified atom stereocenters. The van der Waals surface area contributed by atoms with E-state index in [-0.39, 0.29) is 41.4 Å². The van der Waals surface area contributed by atoms with E-state index in [1.54, 1.807) is 26.0 Å². The standard InChI is InChI=1S/C25H34O6/c1-13(2)31-23(30)17-10-18-16-6-5-14-9-15(27)7-8-24(14,3)21(16)19(28)11-25(18,4)22(17)20(29)12-26/h7-9,13,16-19,21-22,26,28H,5-6,10-12H2,1-4H3/t16?,17-,18?,19?,21?,22-,24+,25+/m1/s1. The van der Waals surface area contributed by atoms with E-state index >= 15 is 0 Å². The van der Waals surface area contributed by atoms with Gasteiger partial charge in [-0.25, -0.2) is 0 Å². The van der Waals surface area contributed by atoms with Crippen LogP contribution in [0, 0.1) is 40.4 Å². The fraction of sp³-hybridized carbons (Fsp3) is 0.720. The Morgan fingerprint density at radius 1 is 1.29 bits per heavy atom. The molecule has 3 fully saturated rings. The third kappa shape index (κ3) is 3.34. The van der Waals surface area contributed by atoms with Crippen LogP contribution in [0.3, 0.4) is 0 Å². The number of hydrogen-bond acceptors (Lipinski definition) is 6. The van der Waals surface area contributed by atoms with E-state index in [0.717, 1.165) is 18.4 Å². The van der Waals surface area contributed by atoms with Crippen LogP contribution in [0.2, 0.25) is 0 Å². The number of Topliss-reactive ketones (excluding diaryl/α,β-unsaturated/α-hetero) is 1. The number of aliphatic hydroxyl groups is 2. The number of rotatable bonds is 4. The maximum atomic E-state index is 13.0. The van der Waals surface area contributed by atoms with Crippen molar-refractivity contribution in [3.05, 3.63) is 23.8 Å². The van der Waals surface area contributed by atoms with Gasteiger partial charge in [-0.05, 0) is 68.9 Å². The summed E-state index contributed by atoms with van der Waals surface area (Å²) in [5.41, 5.74) is 0.0953. The quantitative estimate of drug-likeness (QED) is 0.665. The first-order valence-corrected chi connectivity index (χ1v) is 11.5.